The van der Waals surface area contributed by atoms with Crippen LogP contribution in [0.2, 0.25) is 0 Å². The fourth-order valence-corrected chi connectivity index (χ4v) is 3.24. The summed E-state index contributed by atoms with van der Waals surface area (Å²) in [7, 11) is -1.41. The van der Waals surface area contributed by atoms with Crippen LogP contribution in [0, 0.1) is 0 Å². The second-order valence-corrected chi connectivity index (χ2v) is 5.76. The normalized spacial score (nSPS) is 23.4. The van der Waals surface area contributed by atoms with Gasteiger partial charge in [-0.2, -0.15) is 0 Å². The first-order chi connectivity index (χ1) is 6.96. The fraction of sp³-hybridized carbons (Fsp3) is 0.667. The molecule has 0 bridgehead atoms. The summed E-state index contributed by atoms with van der Waals surface area (Å²) in [6, 6.07) is -0.257. The lowest BCUT2D eigenvalue weighted by molar-refractivity contribution is 0.110. The third kappa shape index (κ3) is 3.23. The number of carbonyl (C=O) groups excluding carboxylic acids is 1. The quantitative estimate of drug-likeness (QED) is 0.663. The van der Waals surface area contributed by atoms with Gasteiger partial charge in [0.15, 0.2) is 9.84 Å². The van der Waals surface area contributed by atoms with Gasteiger partial charge in [0.05, 0.1) is 11.5 Å². The molecule has 1 heterocycles. The topological polar surface area (TPSA) is 63.7 Å². The highest BCUT2D eigenvalue weighted by Gasteiger charge is 2.33. The van der Waals surface area contributed by atoms with Gasteiger partial charge in [-0.15, -0.1) is 0 Å². The lowest BCUT2D eigenvalue weighted by Gasteiger charge is -2.22. The molecule has 0 aromatic rings. The van der Waals surface area contributed by atoms with Crippen molar-refractivity contribution in [3.05, 3.63) is 12.7 Å². The largest absolute Gasteiger partial charge is 0.445 e. The predicted molar refractivity (Wildman–Crippen MR) is 56.4 cm³/mol. The monoisotopic (exact) mass is 233 g/mol. The minimum atomic E-state index is -2.96. The molecular formula is C9H15NO4S. The van der Waals surface area contributed by atoms with Crippen molar-refractivity contribution in [2.45, 2.75) is 12.5 Å². The first-order valence-electron chi connectivity index (χ1n) is 4.67. The Bertz CT molecular complexity index is 349. The number of carbonyl (C=O) groups is 1. The Kier molecular flexibility index (Phi) is 3.73. The van der Waals surface area contributed by atoms with Crippen LogP contribution in [-0.2, 0) is 14.6 Å². The summed E-state index contributed by atoms with van der Waals surface area (Å²) in [6.45, 7) is 3.56. The van der Waals surface area contributed by atoms with E-state index in [1.165, 1.54) is 11.0 Å². The number of hydrogen-bond donors (Lipinski definition) is 0. The second-order valence-electron chi connectivity index (χ2n) is 3.53. The van der Waals surface area contributed by atoms with Crippen molar-refractivity contribution in [1.29, 1.82) is 0 Å². The highest BCUT2D eigenvalue weighted by atomic mass is 32.2. The summed E-state index contributed by atoms with van der Waals surface area (Å²) in [4.78, 5) is 12.7. The molecule has 0 spiro atoms. The van der Waals surface area contributed by atoms with Crippen molar-refractivity contribution in [1.82, 2.24) is 4.90 Å². The zero-order chi connectivity index (χ0) is 11.5. The zero-order valence-corrected chi connectivity index (χ0v) is 9.50. The van der Waals surface area contributed by atoms with Gasteiger partial charge in [-0.1, -0.05) is 12.7 Å². The lowest BCUT2D eigenvalue weighted by atomic mass is 10.2. The average Bonchev–Trinajstić information content (AvgIpc) is 2.54. The summed E-state index contributed by atoms with van der Waals surface area (Å²) in [5.41, 5.74) is 0. The SMILES string of the molecule is C=CCOC(=O)N(C)C1CCS(=O)(=O)C1. The highest BCUT2D eigenvalue weighted by molar-refractivity contribution is 7.91. The van der Waals surface area contributed by atoms with Crippen LogP contribution in [0.15, 0.2) is 12.7 Å². The van der Waals surface area contributed by atoms with Crippen LogP contribution in [0.4, 0.5) is 4.79 Å². The number of hydrogen-bond acceptors (Lipinski definition) is 4. The number of nitrogens with zero attached hydrogens (tertiary/aromatic N) is 1. The summed E-state index contributed by atoms with van der Waals surface area (Å²) >= 11 is 0. The number of amides is 1. The van der Waals surface area contributed by atoms with Crippen LogP contribution in [0.5, 0.6) is 0 Å². The summed E-state index contributed by atoms with van der Waals surface area (Å²) in [5.74, 6) is 0.184. The molecule has 0 aromatic heterocycles. The van der Waals surface area contributed by atoms with Crippen molar-refractivity contribution in [3.63, 3.8) is 0 Å². The van der Waals surface area contributed by atoms with Crippen LogP contribution in [0.3, 0.4) is 0 Å². The van der Waals surface area contributed by atoms with E-state index in [2.05, 4.69) is 6.58 Å². The maximum atomic E-state index is 11.4. The molecule has 1 rings (SSSR count). The van der Waals surface area contributed by atoms with E-state index in [4.69, 9.17) is 4.74 Å². The molecule has 0 N–H and O–H groups in total. The Morgan fingerprint density at radius 3 is 2.80 bits per heavy atom. The first-order valence-corrected chi connectivity index (χ1v) is 6.49. The van der Waals surface area contributed by atoms with Gasteiger partial charge in [-0.3, -0.25) is 0 Å². The van der Waals surface area contributed by atoms with Gasteiger partial charge in [-0.25, -0.2) is 13.2 Å². The number of ether oxygens (including phenoxy) is 1. The van der Waals surface area contributed by atoms with E-state index < -0.39 is 15.9 Å². The molecule has 0 aromatic carbocycles. The van der Waals surface area contributed by atoms with Crippen LogP contribution < -0.4 is 0 Å². The van der Waals surface area contributed by atoms with Crippen LogP contribution in [0.1, 0.15) is 6.42 Å². The Morgan fingerprint density at radius 2 is 2.33 bits per heavy atom. The minimum Gasteiger partial charge on any atom is -0.445 e. The summed E-state index contributed by atoms with van der Waals surface area (Å²) in [6.07, 6.45) is 1.45. The summed E-state index contributed by atoms with van der Waals surface area (Å²) < 4.78 is 27.2. The molecule has 15 heavy (non-hydrogen) atoms. The fourth-order valence-electron chi connectivity index (χ4n) is 1.46. The third-order valence-corrected chi connectivity index (χ3v) is 4.12. The molecule has 0 saturated carbocycles. The smallest absolute Gasteiger partial charge is 0.410 e. The van der Waals surface area contributed by atoms with E-state index in [1.54, 1.807) is 7.05 Å². The lowest BCUT2D eigenvalue weighted by Crippen LogP contribution is -2.38. The molecule has 1 fully saturated rings. The Morgan fingerprint density at radius 1 is 1.67 bits per heavy atom. The Labute approximate surface area is 89.6 Å². The molecule has 1 amide bonds. The standard InChI is InChI=1S/C9H15NO4S/c1-3-5-14-9(11)10(2)8-4-6-15(12,13)7-8/h3,8H,1,4-7H2,2H3. The molecule has 0 aliphatic carbocycles. The van der Waals surface area contributed by atoms with Gasteiger partial charge in [-0.05, 0) is 6.42 Å². The van der Waals surface area contributed by atoms with E-state index in [9.17, 15) is 13.2 Å². The van der Waals surface area contributed by atoms with E-state index in [1.807, 2.05) is 0 Å². The molecule has 1 aliphatic rings. The van der Waals surface area contributed by atoms with E-state index in [0.717, 1.165) is 0 Å². The van der Waals surface area contributed by atoms with Gasteiger partial charge >= 0.3 is 6.09 Å². The maximum Gasteiger partial charge on any atom is 0.410 e. The first kappa shape index (κ1) is 12.0. The van der Waals surface area contributed by atoms with Crippen LogP contribution in [-0.4, -0.2) is 50.6 Å². The maximum absolute atomic E-state index is 11.4. The highest BCUT2D eigenvalue weighted by Crippen LogP contribution is 2.16. The van der Waals surface area contributed by atoms with Crippen molar-refractivity contribution in [3.8, 4) is 0 Å². The number of rotatable bonds is 3. The van der Waals surface area contributed by atoms with Crippen molar-refractivity contribution < 1.29 is 17.9 Å². The molecule has 0 radical (unpaired) electrons. The average molecular weight is 233 g/mol. The molecule has 1 saturated heterocycles. The summed E-state index contributed by atoms with van der Waals surface area (Å²) in [5, 5.41) is 0. The number of sulfone groups is 1. The Hall–Kier alpha value is -1.04. The predicted octanol–water partition coefficient (Wildman–Crippen LogP) is 0.428. The molecule has 1 aliphatic heterocycles. The van der Waals surface area contributed by atoms with Gasteiger partial charge in [0, 0.05) is 13.1 Å². The molecule has 1 atom stereocenters. The third-order valence-electron chi connectivity index (χ3n) is 2.37. The molecule has 1 unspecified atom stereocenters. The van der Waals surface area contributed by atoms with Crippen molar-refractivity contribution in [2.24, 2.45) is 0 Å². The molecule has 86 valence electrons. The molecule has 6 heteroatoms. The second kappa shape index (κ2) is 4.65. The van der Waals surface area contributed by atoms with Gasteiger partial charge in [0.25, 0.3) is 0 Å². The van der Waals surface area contributed by atoms with E-state index in [0.29, 0.717) is 6.42 Å². The van der Waals surface area contributed by atoms with Gasteiger partial charge < -0.3 is 9.64 Å². The van der Waals surface area contributed by atoms with Crippen LogP contribution >= 0.6 is 0 Å². The van der Waals surface area contributed by atoms with E-state index in [-0.39, 0.29) is 24.2 Å². The van der Waals surface area contributed by atoms with Gasteiger partial charge in [0.1, 0.15) is 6.61 Å². The van der Waals surface area contributed by atoms with Gasteiger partial charge in [0.2, 0.25) is 0 Å². The van der Waals surface area contributed by atoms with Crippen molar-refractivity contribution >= 4 is 15.9 Å². The minimum absolute atomic E-state index is 0.0344. The van der Waals surface area contributed by atoms with E-state index >= 15 is 0 Å². The Balaban J connectivity index is 2.51. The van der Waals surface area contributed by atoms with Crippen LogP contribution in [0.25, 0.3) is 0 Å². The zero-order valence-electron chi connectivity index (χ0n) is 8.68. The molecule has 5 nitrogen and oxygen atoms in total. The molecular weight excluding hydrogens is 218 g/mol. The van der Waals surface area contributed by atoms with Crippen molar-refractivity contribution in [2.75, 3.05) is 25.2 Å².